The van der Waals surface area contributed by atoms with Gasteiger partial charge in [0.25, 0.3) is 10.0 Å². The molecule has 1 N–H and O–H groups in total. The lowest BCUT2D eigenvalue weighted by atomic mass is 10.1. The van der Waals surface area contributed by atoms with Crippen molar-refractivity contribution in [2.45, 2.75) is 25.7 Å². The third-order valence-corrected chi connectivity index (χ3v) is 7.88. The van der Waals surface area contributed by atoms with Crippen LogP contribution in [0.4, 0.5) is 11.4 Å². The standard InChI is InChI=1S/C30H30N2O5S/c1-21-14-17-28(36-4)29(18-21)38(34,35)32(24-16-15-22(2)23(3)19-24)20-30(33)31-26-12-8-9-13-27(26)37-25-10-6-5-7-11-25/h5-19H,20H2,1-4H3,(H,31,33). The predicted octanol–water partition coefficient (Wildman–Crippen LogP) is 6.25. The number of anilines is 2. The van der Waals surface area contributed by atoms with Crippen LogP contribution in [0.1, 0.15) is 16.7 Å². The second kappa shape index (κ2) is 11.4. The number of para-hydroxylation sites is 3. The molecular formula is C30H30N2O5S. The highest BCUT2D eigenvalue weighted by atomic mass is 32.2. The molecule has 0 bridgehead atoms. The summed E-state index contributed by atoms with van der Waals surface area (Å²) in [6.45, 7) is 5.18. The van der Waals surface area contributed by atoms with Gasteiger partial charge in [-0.1, -0.05) is 42.5 Å². The maximum atomic E-state index is 14.0. The van der Waals surface area contributed by atoms with Crippen LogP contribution in [-0.4, -0.2) is 28.0 Å². The molecule has 0 spiro atoms. The topological polar surface area (TPSA) is 84.9 Å². The van der Waals surface area contributed by atoms with Crippen molar-refractivity contribution in [3.8, 4) is 17.2 Å². The summed E-state index contributed by atoms with van der Waals surface area (Å²) in [5, 5.41) is 2.82. The van der Waals surface area contributed by atoms with E-state index in [1.807, 2.05) is 50.2 Å². The van der Waals surface area contributed by atoms with Crippen molar-refractivity contribution >= 4 is 27.3 Å². The molecule has 0 aliphatic carbocycles. The van der Waals surface area contributed by atoms with Crippen LogP contribution in [0, 0.1) is 20.8 Å². The number of benzene rings is 4. The molecule has 0 aliphatic rings. The number of sulfonamides is 1. The molecular weight excluding hydrogens is 500 g/mol. The number of rotatable bonds is 9. The number of ether oxygens (including phenoxy) is 2. The monoisotopic (exact) mass is 530 g/mol. The van der Waals surface area contributed by atoms with Crippen molar-refractivity contribution in [2.75, 3.05) is 23.3 Å². The molecule has 0 radical (unpaired) electrons. The zero-order valence-corrected chi connectivity index (χ0v) is 22.6. The maximum absolute atomic E-state index is 14.0. The van der Waals surface area contributed by atoms with Gasteiger partial charge in [-0.2, -0.15) is 0 Å². The molecule has 0 atom stereocenters. The number of hydrogen-bond acceptors (Lipinski definition) is 5. The second-order valence-electron chi connectivity index (χ2n) is 8.89. The molecule has 196 valence electrons. The smallest absolute Gasteiger partial charge is 0.268 e. The van der Waals surface area contributed by atoms with Gasteiger partial charge in [0.15, 0.2) is 5.75 Å². The summed E-state index contributed by atoms with van der Waals surface area (Å²) >= 11 is 0. The summed E-state index contributed by atoms with van der Waals surface area (Å²) in [5.74, 6) is 0.724. The van der Waals surface area contributed by atoms with Crippen LogP contribution in [0.15, 0.2) is 95.9 Å². The zero-order chi connectivity index (χ0) is 27.3. The average molecular weight is 531 g/mol. The van der Waals surface area contributed by atoms with Crippen LogP contribution in [0.2, 0.25) is 0 Å². The summed E-state index contributed by atoms with van der Waals surface area (Å²) in [6, 6.07) is 26.4. The van der Waals surface area contributed by atoms with Crippen molar-refractivity contribution in [1.29, 1.82) is 0 Å². The van der Waals surface area contributed by atoms with Gasteiger partial charge in [-0.25, -0.2) is 8.42 Å². The molecule has 0 aromatic heterocycles. The number of nitrogens with one attached hydrogen (secondary N) is 1. The Balaban J connectivity index is 1.69. The lowest BCUT2D eigenvalue weighted by Gasteiger charge is -2.26. The van der Waals surface area contributed by atoms with Crippen LogP contribution < -0.4 is 19.1 Å². The van der Waals surface area contributed by atoms with Gasteiger partial charge in [-0.15, -0.1) is 0 Å². The molecule has 0 heterocycles. The van der Waals surface area contributed by atoms with Gasteiger partial charge in [-0.3, -0.25) is 9.10 Å². The highest BCUT2D eigenvalue weighted by Crippen LogP contribution is 2.33. The molecule has 4 aromatic rings. The molecule has 0 saturated heterocycles. The fourth-order valence-electron chi connectivity index (χ4n) is 3.89. The third kappa shape index (κ3) is 5.98. The van der Waals surface area contributed by atoms with Gasteiger partial charge in [-0.05, 0) is 86.0 Å². The Morgan fingerprint density at radius 3 is 2.24 bits per heavy atom. The lowest BCUT2D eigenvalue weighted by Crippen LogP contribution is -2.38. The Kier molecular flexibility index (Phi) is 8.02. The Morgan fingerprint density at radius 2 is 1.53 bits per heavy atom. The SMILES string of the molecule is COc1ccc(C)cc1S(=O)(=O)N(CC(=O)Nc1ccccc1Oc1ccccc1)c1ccc(C)c(C)c1. The quantitative estimate of drug-likeness (QED) is 0.277. The number of nitrogens with zero attached hydrogens (tertiary/aromatic N) is 1. The van der Waals surface area contributed by atoms with Gasteiger partial charge in [0.2, 0.25) is 5.91 Å². The third-order valence-electron chi connectivity index (χ3n) is 6.09. The predicted molar refractivity (Wildman–Crippen MR) is 150 cm³/mol. The van der Waals surface area contributed by atoms with Crippen molar-refractivity contribution in [3.63, 3.8) is 0 Å². The minimum Gasteiger partial charge on any atom is -0.495 e. The average Bonchev–Trinajstić information content (AvgIpc) is 2.90. The number of methoxy groups -OCH3 is 1. The lowest BCUT2D eigenvalue weighted by molar-refractivity contribution is -0.114. The Hall–Kier alpha value is -4.30. The molecule has 7 nitrogen and oxygen atoms in total. The number of hydrogen-bond donors (Lipinski definition) is 1. The van der Waals surface area contributed by atoms with E-state index in [4.69, 9.17) is 9.47 Å². The van der Waals surface area contributed by atoms with E-state index in [-0.39, 0.29) is 10.6 Å². The highest BCUT2D eigenvalue weighted by Gasteiger charge is 2.30. The Morgan fingerprint density at radius 1 is 0.816 bits per heavy atom. The van der Waals surface area contributed by atoms with Gasteiger partial charge in [0.1, 0.15) is 22.9 Å². The van der Waals surface area contributed by atoms with Gasteiger partial charge in [0, 0.05) is 0 Å². The fourth-order valence-corrected chi connectivity index (χ4v) is 5.55. The van der Waals surface area contributed by atoms with E-state index in [2.05, 4.69) is 5.32 Å². The molecule has 8 heteroatoms. The van der Waals surface area contributed by atoms with E-state index >= 15 is 0 Å². The minimum atomic E-state index is -4.18. The first-order valence-corrected chi connectivity index (χ1v) is 13.5. The summed E-state index contributed by atoms with van der Waals surface area (Å²) in [6.07, 6.45) is 0. The molecule has 4 rings (SSSR count). The largest absolute Gasteiger partial charge is 0.495 e. The number of carbonyl (C=O) groups is 1. The molecule has 0 saturated carbocycles. The fraction of sp³-hybridized carbons (Fsp3) is 0.167. The van der Waals surface area contributed by atoms with E-state index in [0.29, 0.717) is 22.9 Å². The molecule has 38 heavy (non-hydrogen) atoms. The Labute approximate surface area is 223 Å². The summed E-state index contributed by atoms with van der Waals surface area (Å²) in [5.41, 5.74) is 3.46. The number of aryl methyl sites for hydroxylation is 3. The van der Waals surface area contributed by atoms with E-state index in [0.717, 1.165) is 21.0 Å². The van der Waals surface area contributed by atoms with Crippen molar-refractivity contribution < 1.29 is 22.7 Å². The van der Waals surface area contributed by atoms with Gasteiger partial charge in [0.05, 0.1) is 18.5 Å². The van der Waals surface area contributed by atoms with Gasteiger partial charge < -0.3 is 14.8 Å². The molecule has 4 aromatic carbocycles. The highest BCUT2D eigenvalue weighted by molar-refractivity contribution is 7.93. The van der Waals surface area contributed by atoms with E-state index in [1.165, 1.54) is 7.11 Å². The first-order valence-electron chi connectivity index (χ1n) is 12.1. The van der Waals surface area contributed by atoms with Crippen molar-refractivity contribution in [3.05, 3.63) is 108 Å². The van der Waals surface area contributed by atoms with Crippen molar-refractivity contribution in [1.82, 2.24) is 0 Å². The van der Waals surface area contributed by atoms with Crippen LogP contribution >= 0.6 is 0 Å². The zero-order valence-electron chi connectivity index (χ0n) is 21.8. The number of amides is 1. The molecule has 0 aliphatic heterocycles. The molecule has 0 unspecified atom stereocenters. The van der Waals surface area contributed by atoms with Crippen molar-refractivity contribution in [2.24, 2.45) is 0 Å². The first kappa shape index (κ1) is 26.8. The van der Waals surface area contributed by atoms with Crippen LogP contribution in [-0.2, 0) is 14.8 Å². The van der Waals surface area contributed by atoms with E-state index < -0.39 is 22.5 Å². The first-order chi connectivity index (χ1) is 18.2. The summed E-state index contributed by atoms with van der Waals surface area (Å²) < 4.78 is 40.4. The summed E-state index contributed by atoms with van der Waals surface area (Å²) in [4.78, 5) is 13.3. The Bertz CT molecular complexity index is 1550. The minimum absolute atomic E-state index is 0.0150. The van der Waals surface area contributed by atoms with E-state index in [1.54, 1.807) is 61.5 Å². The molecule has 1 amide bonds. The van der Waals surface area contributed by atoms with Crippen LogP contribution in [0.3, 0.4) is 0 Å². The second-order valence-corrected chi connectivity index (χ2v) is 10.7. The normalized spacial score (nSPS) is 11.1. The summed E-state index contributed by atoms with van der Waals surface area (Å²) in [7, 11) is -2.76. The van der Waals surface area contributed by atoms with Crippen LogP contribution in [0.5, 0.6) is 17.2 Å². The van der Waals surface area contributed by atoms with Crippen LogP contribution in [0.25, 0.3) is 0 Å². The maximum Gasteiger partial charge on any atom is 0.268 e. The molecule has 0 fully saturated rings. The van der Waals surface area contributed by atoms with E-state index in [9.17, 15) is 13.2 Å². The van der Waals surface area contributed by atoms with Gasteiger partial charge >= 0.3 is 0 Å². The number of carbonyl (C=O) groups excluding carboxylic acids is 1.